The molecule has 0 saturated heterocycles. The third-order valence-corrected chi connectivity index (χ3v) is 6.10. The molecule has 0 aliphatic carbocycles. The van der Waals surface area contributed by atoms with Gasteiger partial charge in [0.25, 0.3) is 0 Å². The summed E-state index contributed by atoms with van der Waals surface area (Å²) in [4.78, 5) is 16.6. The van der Waals surface area contributed by atoms with Crippen LogP contribution in [-0.4, -0.2) is 25.8 Å². The van der Waals surface area contributed by atoms with Crippen LogP contribution in [0.15, 0.2) is 115 Å². The molecule has 6 rings (SSSR count). The fraction of sp³-hybridized carbons (Fsp3) is 0.0625. The molecule has 0 saturated carbocycles. The van der Waals surface area contributed by atoms with Gasteiger partial charge in [0, 0.05) is 16.1 Å². The van der Waals surface area contributed by atoms with Gasteiger partial charge in [0.15, 0.2) is 0 Å². The number of allylic oxidation sites excluding steroid dienone is 1. The molecular formula is C32H25ClFeN4O2. The van der Waals surface area contributed by atoms with Crippen molar-refractivity contribution in [1.82, 2.24) is 20.0 Å². The first-order valence-electron chi connectivity index (χ1n) is 12.4. The first kappa shape index (κ1) is 28.7. The zero-order chi connectivity index (χ0) is 27.0. The summed E-state index contributed by atoms with van der Waals surface area (Å²) in [5.74, 6) is 0.680. The summed E-state index contributed by atoms with van der Waals surface area (Å²) in [7, 11) is 0. The van der Waals surface area contributed by atoms with Crippen LogP contribution < -0.4 is 4.74 Å². The van der Waals surface area contributed by atoms with Crippen molar-refractivity contribution in [2.75, 3.05) is 0 Å². The zero-order valence-electron chi connectivity index (χ0n) is 21.6. The van der Waals surface area contributed by atoms with E-state index >= 15 is 0 Å². The number of halogens is 1. The third kappa shape index (κ3) is 7.42. The molecule has 0 bridgehead atoms. The minimum Gasteiger partial charge on any atom is -0.487 e. The minimum absolute atomic E-state index is 0. The molecule has 2 aromatic heterocycles. The van der Waals surface area contributed by atoms with Gasteiger partial charge in [-0.05, 0) is 55.0 Å². The number of benzene rings is 2. The fourth-order valence-corrected chi connectivity index (χ4v) is 4.11. The number of aryl methyl sites for hydroxylation is 1. The van der Waals surface area contributed by atoms with Gasteiger partial charge in [-0.3, -0.25) is 4.98 Å². The molecule has 8 heteroatoms. The SMILES string of the molecule is Cc1cc(-n2cc(COc3ccc(/C=C/C(=O)c4cc[cH-]c4)cc3)nn2)c2cc(Cl)ccc2n1.[Fe+2].c1cc[cH-]c1. The van der Waals surface area contributed by atoms with E-state index in [4.69, 9.17) is 16.3 Å². The maximum atomic E-state index is 12.1. The van der Waals surface area contributed by atoms with E-state index in [1.165, 1.54) is 0 Å². The van der Waals surface area contributed by atoms with E-state index in [0.717, 1.165) is 27.8 Å². The molecular weight excluding hydrogens is 564 g/mol. The first-order chi connectivity index (χ1) is 19.0. The monoisotopic (exact) mass is 588 g/mol. The van der Waals surface area contributed by atoms with Gasteiger partial charge >= 0.3 is 17.1 Å². The number of fused-ring (bicyclic) bond motifs is 1. The predicted molar refractivity (Wildman–Crippen MR) is 155 cm³/mol. The van der Waals surface area contributed by atoms with E-state index in [1.54, 1.807) is 29.0 Å². The number of pyridine rings is 1. The van der Waals surface area contributed by atoms with E-state index in [0.29, 0.717) is 22.0 Å². The molecule has 40 heavy (non-hydrogen) atoms. The van der Waals surface area contributed by atoms with E-state index in [1.807, 2.05) is 104 Å². The Bertz CT molecular complexity index is 1670. The average molecular weight is 589 g/mol. The second-order valence-corrected chi connectivity index (χ2v) is 9.23. The molecule has 200 valence electrons. The van der Waals surface area contributed by atoms with Crippen molar-refractivity contribution in [1.29, 1.82) is 0 Å². The number of rotatable bonds is 7. The smallest absolute Gasteiger partial charge is 0.487 e. The van der Waals surface area contributed by atoms with Crippen LogP contribution in [0.5, 0.6) is 5.75 Å². The van der Waals surface area contributed by atoms with Gasteiger partial charge in [-0.25, -0.2) is 22.9 Å². The van der Waals surface area contributed by atoms with Gasteiger partial charge in [-0.15, -0.1) is 10.7 Å². The molecule has 4 aromatic carbocycles. The van der Waals surface area contributed by atoms with Crippen LogP contribution in [-0.2, 0) is 23.7 Å². The largest absolute Gasteiger partial charge is 2.00 e. The summed E-state index contributed by atoms with van der Waals surface area (Å²) in [6.45, 7) is 2.21. The van der Waals surface area contributed by atoms with Gasteiger partial charge in [0.2, 0.25) is 0 Å². The number of ketones is 1. The Kier molecular flexibility index (Phi) is 9.81. The summed E-state index contributed by atoms with van der Waals surface area (Å²) in [6, 6.07) is 32.4. The van der Waals surface area contributed by atoms with Crippen molar-refractivity contribution in [3.63, 3.8) is 0 Å². The number of carbonyl (C=O) groups excluding carboxylic acids is 1. The maximum Gasteiger partial charge on any atom is 2.00 e. The minimum atomic E-state index is -0.0205. The summed E-state index contributed by atoms with van der Waals surface area (Å²) >= 11 is 6.20. The van der Waals surface area contributed by atoms with Crippen molar-refractivity contribution < 1.29 is 26.6 Å². The summed E-state index contributed by atoms with van der Waals surface area (Å²) < 4.78 is 7.58. The molecule has 6 nitrogen and oxygen atoms in total. The predicted octanol–water partition coefficient (Wildman–Crippen LogP) is 7.37. The second kappa shape index (κ2) is 13.7. The van der Waals surface area contributed by atoms with E-state index in [9.17, 15) is 4.79 Å². The topological polar surface area (TPSA) is 69.9 Å². The van der Waals surface area contributed by atoms with Gasteiger partial charge in [-0.1, -0.05) is 35.0 Å². The molecule has 6 aromatic rings. The number of hydrogen-bond donors (Lipinski definition) is 0. The van der Waals surface area contributed by atoms with Crippen LogP contribution in [0.2, 0.25) is 5.02 Å². The van der Waals surface area contributed by atoms with Crippen molar-refractivity contribution in [2.24, 2.45) is 0 Å². The van der Waals surface area contributed by atoms with Crippen molar-refractivity contribution in [3.05, 3.63) is 143 Å². The van der Waals surface area contributed by atoms with Crippen LogP contribution in [0, 0.1) is 6.92 Å². The zero-order valence-corrected chi connectivity index (χ0v) is 23.5. The normalized spacial score (nSPS) is 10.7. The average Bonchev–Trinajstić information content (AvgIpc) is 3.76. The number of aromatic nitrogens is 4. The van der Waals surface area contributed by atoms with Crippen LogP contribution >= 0.6 is 11.6 Å². The van der Waals surface area contributed by atoms with Crippen LogP contribution in [0.3, 0.4) is 0 Å². The summed E-state index contributed by atoms with van der Waals surface area (Å²) in [5, 5.41) is 10.0. The first-order valence-corrected chi connectivity index (χ1v) is 12.8. The Labute approximate surface area is 248 Å². The number of carbonyl (C=O) groups is 1. The van der Waals surface area contributed by atoms with E-state index in [-0.39, 0.29) is 29.5 Å². The number of hydrogen-bond acceptors (Lipinski definition) is 5. The second-order valence-electron chi connectivity index (χ2n) is 8.79. The van der Waals surface area contributed by atoms with Crippen LogP contribution in [0.1, 0.15) is 27.3 Å². The molecule has 0 spiro atoms. The third-order valence-electron chi connectivity index (χ3n) is 5.86. The molecule has 0 radical (unpaired) electrons. The van der Waals surface area contributed by atoms with E-state index in [2.05, 4.69) is 15.3 Å². The number of ether oxygens (including phenoxy) is 1. The molecule has 0 atom stereocenters. The molecule has 0 N–H and O–H groups in total. The summed E-state index contributed by atoms with van der Waals surface area (Å²) in [6.07, 6.45) is 5.20. The molecule has 0 amide bonds. The maximum absolute atomic E-state index is 12.1. The Morgan fingerprint density at radius 1 is 1.02 bits per heavy atom. The standard InChI is InChI=1S/C27H20ClN4O2.C5H5.Fe/c1-18-14-26(24-15-21(28)9-12-25(24)29-18)32-16-22(30-31-32)17-34-23-10-6-19(7-11-23)8-13-27(33)20-4-2-3-5-20;1-2-4-5-3-1;/h2-16H,17H2,1H3;1-5H;/q2*-1;+2/b13-8+;;. The Balaban J connectivity index is 0.000000557. The van der Waals surface area contributed by atoms with Gasteiger partial charge in [0.05, 0.1) is 17.4 Å². The van der Waals surface area contributed by atoms with Crippen molar-refractivity contribution >= 4 is 34.4 Å². The Morgan fingerprint density at radius 3 is 2.52 bits per heavy atom. The van der Waals surface area contributed by atoms with Gasteiger partial charge in [-0.2, -0.15) is 36.4 Å². The molecule has 0 aliphatic rings. The molecule has 0 aliphatic heterocycles. The molecule has 0 fully saturated rings. The van der Waals surface area contributed by atoms with Crippen LogP contribution in [0.25, 0.3) is 22.7 Å². The van der Waals surface area contributed by atoms with Crippen molar-refractivity contribution in [3.8, 4) is 11.4 Å². The molecule has 0 unspecified atom stereocenters. The quantitative estimate of drug-likeness (QED) is 0.0843. The van der Waals surface area contributed by atoms with E-state index < -0.39 is 0 Å². The van der Waals surface area contributed by atoms with Gasteiger partial charge < -0.3 is 9.53 Å². The molecule has 2 heterocycles. The van der Waals surface area contributed by atoms with Crippen LogP contribution in [0.4, 0.5) is 0 Å². The summed E-state index contributed by atoms with van der Waals surface area (Å²) in [5.41, 5.74) is 4.87. The Morgan fingerprint density at radius 2 is 1.82 bits per heavy atom. The fourth-order valence-electron chi connectivity index (χ4n) is 3.94. The Hall–Kier alpha value is -4.29. The van der Waals surface area contributed by atoms with Crippen molar-refractivity contribution in [2.45, 2.75) is 13.5 Å². The van der Waals surface area contributed by atoms with Gasteiger partial charge in [0.1, 0.15) is 23.8 Å². The number of nitrogens with zero attached hydrogens (tertiary/aromatic N) is 4.